The zero-order chi connectivity index (χ0) is 23.3. The third-order valence-electron chi connectivity index (χ3n) is 6.17. The van der Waals surface area contributed by atoms with Crippen LogP contribution in [0.25, 0.3) is 0 Å². The maximum atomic E-state index is 12.8. The van der Waals surface area contributed by atoms with E-state index in [0.29, 0.717) is 28.2 Å². The number of amides is 2. The van der Waals surface area contributed by atoms with E-state index in [1.807, 2.05) is 56.7 Å². The number of thioether (sulfide) groups is 1. The molecule has 1 aliphatic rings. The summed E-state index contributed by atoms with van der Waals surface area (Å²) in [6.45, 7) is 8.26. The largest absolute Gasteiger partial charge is 0.352 e. The molecule has 8 heteroatoms. The van der Waals surface area contributed by atoms with Crippen molar-refractivity contribution in [3.63, 3.8) is 0 Å². The first-order chi connectivity index (χ1) is 15.3. The summed E-state index contributed by atoms with van der Waals surface area (Å²) in [5, 5.41) is 15.6. The minimum atomic E-state index is -0.285. The van der Waals surface area contributed by atoms with Crippen molar-refractivity contribution in [1.82, 2.24) is 25.4 Å². The highest BCUT2D eigenvalue weighted by Crippen LogP contribution is 2.26. The zero-order valence-corrected chi connectivity index (χ0v) is 20.5. The second kappa shape index (κ2) is 11.0. The minimum Gasteiger partial charge on any atom is -0.352 e. The number of benzene rings is 1. The minimum absolute atomic E-state index is 0.0338. The Labute approximate surface area is 195 Å². The number of aromatic nitrogens is 3. The van der Waals surface area contributed by atoms with E-state index in [-0.39, 0.29) is 29.8 Å². The average Bonchev–Trinajstić information content (AvgIpc) is 3.11. The van der Waals surface area contributed by atoms with Crippen LogP contribution in [0.15, 0.2) is 29.4 Å². The lowest BCUT2D eigenvalue weighted by atomic mass is 9.86. The van der Waals surface area contributed by atoms with Gasteiger partial charge in [-0.1, -0.05) is 63.1 Å². The van der Waals surface area contributed by atoms with Crippen molar-refractivity contribution in [2.45, 2.75) is 70.6 Å². The van der Waals surface area contributed by atoms with E-state index in [0.717, 1.165) is 12.0 Å². The van der Waals surface area contributed by atoms with Crippen molar-refractivity contribution >= 4 is 23.6 Å². The van der Waals surface area contributed by atoms with E-state index in [1.54, 1.807) is 0 Å². The lowest BCUT2D eigenvalue weighted by Gasteiger charge is -2.29. The van der Waals surface area contributed by atoms with E-state index < -0.39 is 0 Å². The summed E-state index contributed by atoms with van der Waals surface area (Å²) < 4.78 is 1.88. The standard InChI is InChI=1S/C24H35N5O2S/c1-15(2)21(26-23(31)18-11-8-9-16(3)13-18)22-27-28-24(29(22)5)32-14-20(30)25-19-12-7-6-10-17(19)4/h8-9,11,13,15,17,19,21H,6-7,10,12,14H2,1-5H3,(H,25,30)(H,26,31)/t17-,19+,21+/m1/s1. The molecule has 174 valence electrons. The van der Waals surface area contributed by atoms with Gasteiger partial charge in [0, 0.05) is 18.7 Å². The van der Waals surface area contributed by atoms with Crippen LogP contribution in [-0.2, 0) is 11.8 Å². The molecule has 1 aromatic heterocycles. The van der Waals surface area contributed by atoms with Crippen LogP contribution in [-0.4, -0.2) is 38.4 Å². The Kier molecular flexibility index (Phi) is 8.34. The topological polar surface area (TPSA) is 88.9 Å². The smallest absolute Gasteiger partial charge is 0.251 e. The summed E-state index contributed by atoms with van der Waals surface area (Å²) in [6.07, 6.45) is 4.67. The number of nitrogens with zero attached hydrogens (tertiary/aromatic N) is 3. The molecule has 0 unspecified atom stereocenters. The third kappa shape index (κ3) is 6.12. The molecule has 3 atom stereocenters. The van der Waals surface area contributed by atoms with Gasteiger partial charge in [-0.05, 0) is 43.7 Å². The van der Waals surface area contributed by atoms with Gasteiger partial charge in [-0.2, -0.15) is 0 Å². The maximum absolute atomic E-state index is 12.8. The molecule has 0 radical (unpaired) electrons. The summed E-state index contributed by atoms with van der Waals surface area (Å²) in [5.74, 6) is 1.54. The first-order valence-corrected chi connectivity index (χ1v) is 12.4. The molecule has 0 bridgehead atoms. The number of nitrogens with one attached hydrogen (secondary N) is 2. The molecule has 2 N–H and O–H groups in total. The Morgan fingerprint density at radius 3 is 2.66 bits per heavy atom. The number of carbonyl (C=O) groups excluding carboxylic acids is 2. The van der Waals surface area contributed by atoms with E-state index >= 15 is 0 Å². The second-order valence-corrected chi connectivity index (χ2v) is 10.1. The fourth-order valence-corrected chi connectivity index (χ4v) is 4.90. The normalized spacial score (nSPS) is 19.6. The highest BCUT2D eigenvalue weighted by molar-refractivity contribution is 7.99. The van der Waals surface area contributed by atoms with Gasteiger partial charge >= 0.3 is 0 Å². The third-order valence-corrected chi connectivity index (χ3v) is 7.19. The van der Waals surface area contributed by atoms with Crippen LogP contribution >= 0.6 is 11.8 Å². The fourth-order valence-electron chi connectivity index (χ4n) is 4.17. The number of hydrogen-bond acceptors (Lipinski definition) is 5. The zero-order valence-electron chi connectivity index (χ0n) is 19.7. The van der Waals surface area contributed by atoms with Crippen LogP contribution < -0.4 is 10.6 Å². The molecule has 0 spiro atoms. The molecule has 1 saturated carbocycles. The van der Waals surface area contributed by atoms with Crippen LogP contribution in [0.5, 0.6) is 0 Å². The SMILES string of the molecule is Cc1cccc(C(=O)N[C@H](c2nnc(SCC(=O)N[C@H]3CCCC[C@H]3C)n2C)C(C)C)c1. The summed E-state index contributed by atoms with van der Waals surface area (Å²) in [6, 6.07) is 7.51. The van der Waals surface area contributed by atoms with E-state index in [2.05, 4.69) is 27.8 Å². The van der Waals surface area contributed by atoms with Gasteiger partial charge in [-0.25, -0.2) is 0 Å². The number of aryl methyl sites for hydroxylation is 1. The van der Waals surface area contributed by atoms with Gasteiger partial charge in [-0.3, -0.25) is 9.59 Å². The van der Waals surface area contributed by atoms with Crippen molar-refractivity contribution in [2.24, 2.45) is 18.9 Å². The Balaban J connectivity index is 1.63. The van der Waals surface area contributed by atoms with Gasteiger partial charge in [0.25, 0.3) is 5.91 Å². The van der Waals surface area contributed by atoms with Crippen molar-refractivity contribution in [1.29, 1.82) is 0 Å². The number of carbonyl (C=O) groups is 2. The molecule has 1 heterocycles. The van der Waals surface area contributed by atoms with Crippen molar-refractivity contribution in [2.75, 3.05) is 5.75 Å². The van der Waals surface area contributed by atoms with Crippen LogP contribution in [0.1, 0.15) is 74.2 Å². The molecule has 0 aliphatic heterocycles. The quantitative estimate of drug-likeness (QED) is 0.584. The molecule has 2 aromatic rings. The predicted octanol–water partition coefficient (Wildman–Crippen LogP) is 4.04. The molecular weight excluding hydrogens is 422 g/mol. The lowest BCUT2D eigenvalue weighted by Crippen LogP contribution is -2.41. The predicted molar refractivity (Wildman–Crippen MR) is 128 cm³/mol. The molecule has 1 fully saturated rings. The summed E-state index contributed by atoms with van der Waals surface area (Å²) in [7, 11) is 1.88. The van der Waals surface area contributed by atoms with E-state index in [4.69, 9.17) is 0 Å². The van der Waals surface area contributed by atoms with Crippen LogP contribution in [0, 0.1) is 18.8 Å². The van der Waals surface area contributed by atoms with Crippen molar-refractivity contribution < 1.29 is 9.59 Å². The van der Waals surface area contributed by atoms with Crippen molar-refractivity contribution in [3.05, 3.63) is 41.2 Å². The second-order valence-electron chi connectivity index (χ2n) is 9.19. The highest BCUT2D eigenvalue weighted by atomic mass is 32.2. The molecule has 2 amide bonds. The summed E-state index contributed by atoms with van der Waals surface area (Å²) in [5.41, 5.74) is 1.66. The molecule has 32 heavy (non-hydrogen) atoms. The van der Waals surface area contributed by atoms with E-state index in [1.165, 1.54) is 31.0 Å². The average molecular weight is 458 g/mol. The molecule has 3 rings (SSSR count). The van der Waals surface area contributed by atoms with Crippen LogP contribution in [0.4, 0.5) is 0 Å². The molecular formula is C24H35N5O2S. The fraction of sp³-hybridized carbons (Fsp3) is 0.583. The van der Waals surface area contributed by atoms with Gasteiger partial charge < -0.3 is 15.2 Å². The summed E-state index contributed by atoms with van der Waals surface area (Å²) in [4.78, 5) is 25.3. The van der Waals surface area contributed by atoms with Gasteiger partial charge in [0.05, 0.1) is 11.8 Å². The lowest BCUT2D eigenvalue weighted by molar-refractivity contribution is -0.119. The van der Waals surface area contributed by atoms with Gasteiger partial charge in [0.15, 0.2) is 11.0 Å². The van der Waals surface area contributed by atoms with Crippen LogP contribution in [0.3, 0.4) is 0 Å². The molecule has 7 nitrogen and oxygen atoms in total. The first kappa shape index (κ1) is 24.3. The molecule has 1 aromatic carbocycles. The Morgan fingerprint density at radius 2 is 1.97 bits per heavy atom. The van der Waals surface area contributed by atoms with Crippen molar-refractivity contribution in [3.8, 4) is 0 Å². The highest BCUT2D eigenvalue weighted by Gasteiger charge is 2.26. The van der Waals surface area contributed by atoms with E-state index in [9.17, 15) is 9.59 Å². The van der Waals surface area contributed by atoms with Gasteiger partial charge in [0.1, 0.15) is 0 Å². The Hall–Kier alpha value is -2.35. The number of hydrogen-bond donors (Lipinski definition) is 2. The monoisotopic (exact) mass is 457 g/mol. The number of rotatable bonds is 8. The molecule has 1 aliphatic carbocycles. The molecule has 0 saturated heterocycles. The van der Waals surface area contributed by atoms with Gasteiger partial charge in [0.2, 0.25) is 5.91 Å². The van der Waals surface area contributed by atoms with Gasteiger partial charge in [-0.15, -0.1) is 10.2 Å². The Bertz CT molecular complexity index is 942. The first-order valence-electron chi connectivity index (χ1n) is 11.4. The maximum Gasteiger partial charge on any atom is 0.251 e. The summed E-state index contributed by atoms with van der Waals surface area (Å²) >= 11 is 1.38. The van der Waals surface area contributed by atoms with Crippen LogP contribution in [0.2, 0.25) is 0 Å². The Morgan fingerprint density at radius 1 is 1.22 bits per heavy atom.